The Morgan fingerprint density at radius 1 is 1.09 bits per heavy atom. The van der Waals surface area contributed by atoms with Crippen molar-refractivity contribution in [3.8, 4) is 0 Å². The number of alkyl carbamates (subject to hydrolysis) is 1. The summed E-state index contributed by atoms with van der Waals surface area (Å²) in [4.78, 5) is 40.1. The molecular weight excluding hydrogens is 448 g/mol. The number of hydrogen-bond acceptors (Lipinski definition) is 6. The number of nitrogens with one attached hydrogen (secondary N) is 3. The number of benzene rings is 1. The van der Waals surface area contributed by atoms with Crippen LogP contribution in [0.5, 0.6) is 0 Å². The largest absolute Gasteiger partial charge is 0.480 e. The third-order valence-electron chi connectivity index (χ3n) is 5.85. The number of hydrogen-bond donors (Lipinski definition) is 4. The molecule has 0 bridgehead atoms. The summed E-state index contributed by atoms with van der Waals surface area (Å²) < 4.78 is 5.08. The van der Waals surface area contributed by atoms with Gasteiger partial charge in [0.1, 0.15) is 11.9 Å². The minimum Gasteiger partial charge on any atom is -0.480 e. The van der Waals surface area contributed by atoms with Crippen molar-refractivity contribution in [3.63, 3.8) is 0 Å². The van der Waals surface area contributed by atoms with Crippen LogP contribution in [0.25, 0.3) is 0 Å². The molecular formula is C26H34N4O5. The molecule has 0 radical (unpaired) electrons. The zero-order chi connectivity index (χ0) is 24.9. The molecule has 1 aliphatic heterocycles. The van der Waals surface area contributed by atoms with Gasteiger partial charge >= 0.3 is 12.1 Å². The minimum atomic E-state index is -1.17. The fourth-order valence-corrected chi connectivity index (χ4v) is 3.89. The summed E-state index contributed by atoms with van der Waals surface area (Å²) in [7, 11) is 0. The monoisotopic (exact) mass is 482 g/mol. The summed E-state index contributed by atoms with van der Waals surface area (Å²) in [6.07, 6.45) is 4.73. The number of pyridine rings is 1. The molecule has 1 atom stereocenters. The highest BCUT2D eigenvalue weighted by molar-refractivity contribution is 5.80. The van der Waals surface area contributed by atoms with E-state index in [0.29, 0.717) is 19.3 Å². The second-order valence-electron chi connectivity index (χ2n) is 8.59. The van der Waals surface area contributed by atoms with Crippen LogP contribution < -0.4 is 16.0 Å². The van der Waals surface area contributed by atoms with Gasteiger partial charge in [-0.3, -0.25) is 4.79 Å². The number of aryl methyl sites for hydroxylation is 2. The number of aromatic nitrogens is 1. The molecule has 188 valence electrons. The molecule has 0 fully saturated rings. The Labute approximate surface area is 205 Å². The Hall–Kier alpha value is -3.62. The first-order valence-corrected chi connectivity index (χ1v) is 12.2. The summed E-state index contributed by atoms with van der Waals surface area (Å²) in [6, 6.07) is 12.6. The van der Waals surface area contributed by atoms with E-state index < -0.39 is 18.1 Å². The van der Waals surface area contributed by atoms with Gasteiger partial charge in [-0.25, -0.2) is 14.6 Å². The fraction of sp³-hybridized carbons (Fsp3) is 0.462. The van der Waals surface area contributed by atoms with E-state index in [0.717, 1.165) is 49.3 Å². The van der Waals surface area contributed by atoms with E-state index in [1.807, 2.05) is 30.3 Å². The van der Waals surface area contributed by atoms with E-state index in [4.69, 9.17) is 4.74 Å². The zero-order valence-electron chi connectivity index (χ0n) is 19.9. The van der Waals surface area contributed by atoms with Crippen LogP contribution in [0.15, 0.2) is 42.5 Å². The second-order valence-corrected chi connectivity index (χ2v) is 8.59. The number of fused-ring (bicyclic) bond motifs is 1. The first kappa shape index (κ1) is 26.0. The van der Waals surface area contributed by atoms with Crippen molar-refractivity contribution in [2.45, 2.75) is 57.4 Å². The molecule has 1 aromatic carbocycles. The van der Waals surface area contributed by atoms with Crippen LogP contribution in [0.1, 0.15) is 48.9 Å². The summed E-state index contributed by atoms with van der Waals surface area (Å²) in [5, 5.41) is 17.8. The Morgan fingerprint density at radius 3 is 2.71 bits per heavy atom. The number of carboxylic acids is 1. The lowest BCUT2D eigenvalue weighted by Crippen LogP contribution is -2.43. The van der Waals surface area contributed by atoms with Crippen LogP contribution in [-0.4, -0.2) is 53.8 Å². The molecule has 0 saturated heterocycles. The first-order valence-electron chi connectivity index (χ1n) is 12.2. The van der Waals surface area contributed by atoms with Crippen molar-refractivity contribution < 1.29 is 24.2 Å². The maximum absolute atomic E-state index is 12.1. The molecule has 9 nitrogen and oxygen atoms in total. The van der Waals surface area contributed by atoms with Crippen LogP contribution in [0.3, 0.4) is 0 Å². The van der Waals surface area contributed by atoms with Crippen LogP contribution >= 0.6 is 0 Å². The molecule has 2 amide bonds. The smallest absolute Gasteiger partial charge is 0.407 e. The molecule has 2 aromatic rings. The van der Waals surface area contributed by atoms with Crippen molar-refractivity contribution in [1.82, 2.24) is 15.6 Å². The van der Waals surface area contributed by atoms with Crippen molar-refractivity contribution >= 4 is 23.8 Å². The van der Waals surface area contributed by atoms with Crippen molar-refractivity contribution in [1.29, 1.82) is 0 Å². The summed E-state index contributed by atoms with van der Waals surface area (Å²) >= 11 is 0. The Kier molecular flexibility index (Phi) is 10.3. The highest BCUT2D eigenvalue weighted by Gasteiger charge is 2.20. The molecule has 2 heterocycles. The number of carbonyl (C=O) groups is 3. The molecule has 0 aliphatic carbocycles. The van der Waals surface area contributed by atoms with Gasteiger partial charge in [-0.1, -0.05) is 36.4 Å². The lowest BCUT2D eigenvalue weighted by molar-refractivity contribution is -0.139. The highest BCUT2D eigenvalue weighted by atomic mass is 16.5. The number of unbranched alkanes of at least 4 members (excludes halogenated alkanes) is 1. The van der Waals surface area contributed by atoms with Gasteiger partial charge in [0.25, 0.3) is 0 Å². The molecule has 1 aliphatic rings. The van der Waals surface area contributed by atoms with E-state index in [1.165, 1.54) is 5.56 Å². The minimum absolute atomic E-state index is 0.0703. The van der Waals surface area contributed by atoms with Crippen molar-refractivity contribution in [2.24, 2.45) is 0 Å². The Balaban J connectivity index is 1.27. The van der Waals surface area contributed by atoms with E-state index in [-0.39, 0.29) is 25.5 Å². The van der Waals surface area contributed by atoms with Gasteiger partial charge in [0.15, 0.2) is 0 Å². The topological polar surface area (TPSA) is 130 Å². The number of amides is 2. The number of rotatable bonds is 13. The Bertz CT molecular complexity index is 983. The quantitative estimate of drug-likeness (QED) is 0.323. The number of aliphatic carboxylic acids is 1. The second kappa shape index (κ2) is 13.9. The fourth-order valence-electron chi connectivity index (χ4n) is 3.89. The number of anilines is 1. The number of nitrogens with zero attached hydrogens (tertiary/aromatic N) is 1. The molecule has 0 saturated carbocycles. The zero-order valence-corrected chi connectivity index (χ0v) is 19.9. The average molecular weight is 483 g/mol. The highest BCUT2D eigenvalue weighted by Crippen LogP contribution is 2.20. The first-order chi connectivity index (χ1) is 17.0. The van der Waals surface area contributed by atoms with Gasteiger partial charge in [0.05, 0.1) is 6.61 Å². The van der Waals surface area contributed by atoms with Gasteiger partial charge in [0.2, 0.25) is 5.91 Å². The normalized spacial score (nSPS) is 13.1. The third-order valence-corrected chi connectivity index (χ3v) is 5.85. The Morgan fingerprint density at radius 2 is 1.91 bits per heavy atom. The van der Waals surface area contributed by atoms with Crippen LogP contribution in [0, 0.1) is 0 Å². The summed E-state index contributed by atoms with van der Waals surface area (Å²) in [5.74, 6) is -0.334. The number of carboxylic acid groups (broad SMARTS) is 1. The standard InChI is InChI=1S/C26H34N4O5/c31-23(11-5-4-10-21-13-12-20-9-6-16-28-24(20)29-21)27-17-14-22(25(32)33)30-26(34)35-18-15-19-7-2-1-3-8-19/h1-3,7-8,12-13,22H,4-6,9-11,14-18H2,(H,27,31)(H,28,29)(H,30,34)(H,32,33). The lowest BCUT2D eigenvalue weighted by atomic mass is 10.1. The van der Waals surface area contributed by atoms with Gasteiger partial charge in [-0.2, -0.15) is 0 Å². The van der Waals surface area contributed by atoms with Gasteiger partial charge in [-0.15, -0.1) is 0 Å². The predicted octanol–water partition coefficient (Wildman–Crippen LogP) is 3.08. The molecule has 35 heavy (non-hydrogen) atoms. The number of ether oxygens (including phenoxy) is 1. The maximum atomic E-state index is 12.1. The average Bonchev–Trinajstić information content (AvgIpc) is 2.86. The van der Waals surface area contributed by atoms with Gasteiger partial charge in [0, 0.05) is 31.6 Å². The van der Waals surface area contributed by atoms with Gasteiger partial charge in [-0.05, 0) is 55.7 Å². The van der Waals surface area contributed by atoms with E-state index in [9.17, 15) is 19.5 Å². The SMILES string of the molecule is O=C(CCCCc1ccc2c(n1)NCCC2)NCCC(NC(=O)OCCc1ccccc1)C(=O)O. The number of carbonyl (C=O) groups excluding carboxylic acids is 2. The van der Waals surface area contributed by atoms with Crippen LogP contribution in [-0.2, 0) is 33.6 Å². The third kappa shape index (κ3) is 9.27. The summed E-state index contributed by atoms with van der Waals surface area (Å²) in [5.41, 5.74) is 3.30. The van der Waals surface area contributed by atoms with E-state index in [2.05, 4.69) is 33.1 Å². The van der Waals surface area contributed by atoms with Crippen LogP contribution in [0.2, 0.25) is 0 Å². The predicted molar refractivity (Wildman–Crippen MR) is 132 cm³/mol. The molecule has 3 rings (SSSR count). The van der Waals surface area contributed by atoms with E-state index >= 15 is 0 Å². The lowest BCUT2D eigenvalue weighted by Gasteiger charge is -2.17. The molecule has 1 unspecified atom stereocenters. The van der Waals surface area contributed by atoms with E-state index in [1.54, 1.807) is 0 Å². The van der Waals surface area contributed by atoms with Crippen LogP contribution in [0.4, 0.5) is 10.6 Å². The molecule has 0 spiro atoms. The van der Waals surface area contributed by atoms with Crippen molar-refractivity contribution in [2.75, 3.05) is 25.0 Å². The maximum Gasteiger partial charge on any atom is 0.407 e. The molecule has 1 aromatic heterocycles. The molecule has 4 N–H and O–H groups in total. The summed E-state index contributed by atoms with van der Waals surface area (Å²) in [6.45, 7) is 1.26. The van der Waals surface area contributed by atoms with Gasteiger partial charge < -0.3 is 25.8 Å². The van der Waals surface area contributed by atoms with Crippen molar-refractivity contribution in [3.05, 3.63) is 59.3 Å². The molecule has 9 heteroatoms.